The Balaban J connectivity index is 0.00000169. The first-order valence-electron chi connectivity index (χ1n) is 4.84. The van der Waals surface area contributed by atoms with Crippen molar-refractivity contribution in [1.82, 2.24) is 14.9 Å². The molecule has 1 rings (SSSR count). The molecule has 0 aliphatic rings. The van der Waals surface area contributed by atoms with Crippen LogP contribution in [0.15, 0.2) is 18.6 Å². The van der Waals surface area contributed by atoms with Crippen molar-refractivity contribution in [2.45, 2.75) is 20.3 Å². The summed E-state index contributed by atoms with van der Waals surface area (Å²) in [5.74, 6) is 0. The third-order valence-corrected chi connectivity index (χ3v) is 2.20. The highest BCUT2D eigenvalue weighted by molar-refractivity contribution is 5.85. The highest BCUT2D eigenvalue weighted by atomic mass is 35.5. The summed E-state index contributed by atoms with van der Waals surface area (Å²) in [5, 5.41) is 0. The Kier molecular flexibility index (Phi) is 7.34. The minimum Gasteiger partial charge on any atom is -0.303 e. The fourth-order valence-corrected chi connectivity index (χ4v) is 1.27. The van der Waals surface area contributed by atoms with Crippen LogP contribution in [0.4, 0.5) is 0 Å². The van der Waals surface area contributed by atoms with Crippen LogP contribution in [0.1, 0.15) is 19.5 Å². The molecule has 3 nitrogen and oxygen atoms in total. The Morgan fingerprint density at radius 1 is 1.21 bits per heavy atom. The second-order valence-electron chi connectivity index (χ2n) is 2.97. The summed E-state index contributed by atoms with van der Waals surface area (Å²) in [6.45, 7) is 7.65. The molecule has 0 aromatic carbocycles. The average molecular weight is 216 g/mol. The molecule has 0 saturated carbocycles. The monoisotopic (exact) mass is 215 g/mol. The highest BCUT2D eigenvalue weighted by Crippen LogP contribution is 1.95. The molecule has 4 heteroatoms. The standard InChI is InChI=1S/C10H17N3.ClH/c1-3-13(4-2)8-5-10-9-11-6-7-12-10;/h6-7,9H,3-5,8H2,1-2H3;1H. The van der Waals surface area contributed by atoms with Gasteiger partial charge in [0.05, 0.1) is 5.69 Å². The van der Waals surface area contributed by atoms with Crippen LogP contribution in [0.25, 0.3) is 0 Å². The second-order valence-corrected chi connectivity index (χ2v) is 2.97. The summed E-state index contributed by atoms with van der Waals surface area (Å²) < 4.78 is 0. The quantitative estimate of drug-likeness (QED) is 0.750. The Morgan fingerprint density at radius 2 is 1.93 bits per heavy atom. The maximum Gasteiger partial charge on any atom is 0.0599 e. The fraction of sp³-hybridized carbons (Fsp3) is 0.600. The Hall–Kier alpha value is -0.670. The summed E-state index contributed by atoms with van der Waals surface area (Å²) in [6, 6.07) is 0. The maximum atomic E-state index is 4.23. The van der Waals surface area contributed by atoms with Gasteiger partial charge >= 0.3 is 0 Å². The topological polar surface area (TPSA) is 29.0 Å². The molecule has 1 aromatic rings. The van der Waals surface area contributed by atoms with E-state index in [0.717, 1.165) is 31.7 Å². The molecule has 1 aromatic heterocycles. The zero-order valence-electron chi connectivity index (χ0n) is 8.81. The molecule has 1 heterocycles. The summed E-state index contributed by atoms with van der Waals surface area (Å²) in [4.78, 5) is 10.6. The van der Waals surface area contributed by atoms with E-state index in [1.54, 1.807) is 12.4 Å². The molecule has 14 heavy (non-hydrogen) atoms. The van der Waals surface area contributed by atoms with Crippen LogP contribution in [-0.2, 0) is 6.42 Å². The van der Waals surface area contributed by atoms with E-state index in [1.807, 2.05) is 6.20 Å². The normalized spacial score (nSPS) is 9.93. The smallest absolute Gasteiger partial charge is 0.0599 e. The first kappa shape index (κ1) is 13.3. The van der Waals surface area contributed by atoms with Gasteiger partial charge in [-0.1, -0.05) is 13.8 Å². The summed E-state index contributed by atoms with van der Waals surface area (Å²) in [5.41, 5.74) is 1.08. The van der Waals surface area contributed by atoms with E-state index in [-0.39, 0.29) is 12.4 Å². The Morgan fingerprint density at radius 3 is 2.43 bits per heavy atom. The van der Waals surface area contributed by atoms with E-state index >= 15 is 0 Å². The molecule has 0 fully saturated rings. The third kappa shape index (κ3) is 4.53. The van der Waals surface area contributed by atoms with Gasteiger partial charge < -0.3 is 4.90 Å². The van der Waals surface area contributed by atoms with Crippen LogP contribution in [0, 0.1) is 0 Å². The second kappa shape index (κ2) is 7.71. The van der Waals surface area contributed by atoms with Crippen molar-refractivity contribution in [2.75, 3.05) is 19.6 Å². The number of aromatic nitrogens is 2. The average Bonchev–Trinajstić information content (AvgIpc) is 2.21. The first-order valence-corrected chi connectivity index (χ1v) is 4.84. The number of hydrogen-bond donors (Lipinski definition) is 0. The van der Waals surface area contributed by atoms with Gasteiger partial charge in [0.1, 0.15) is 0 Å². The molecular weight excluding hydrogens is 198 g/mol. The minimum atomic E-state index is 0. The lowest BCUT2D eigenvalue weighted by atomic mass is 10.3. The Bertz CT molecular complexity index is 224. The number of hydrogen-bond acceptors (Lipinski definition) is 3. The predicted molar refractivity (Wildman–Crippen MR) is 60.8 cm³/mol. The molecule has 80 valence electrons. The lowest BCUT2D eigenvalue weighted by Crippen LogP contribution is -2.25. The van der Waals surface area contributed by atoms with Gasteiger partial charge in [-0.3, -0.25) is 9.97 Å². The third-order valence-electron chi connectivity index (χ3n) is 2.20. The van der Waals surface area contributed by atoms with Crippen molar-refractivity contribution in [3.63, 3.8) is 0 Å². The molecule has 0 unspecified atom stereocenters. The number of halogens is 1. The van der Waals surface area contributed by atoms with E-state index in [0.29, 0.717) is 0 Å². The summed E-state index contributed by atoms with van der Waals surface area (Å²) in [6.07, 6.45) is 6.29. The van der Waals surface area contributed by atoms with Crippen molar-refractivity contribution >= 4 is 12.4 Å². The van der Waals surface area contributed by atoms with Crippen molar-refractivity contribution in [2.24, 2.45) is 0 Å². The van der Waals surface area contributed by atoms with Gasteiger partial charge in [-0.15, -0.1) is 12.4 Å². The molecule has 0 atom stereocenters. The van der Waals surface area contributed by atoms with Crippen LogP contribution in [0.5, 0.6) is 0 Å². The summed E-state index contributed by atoms with van der Waals surface area (Å²) in [7, 11) is 0. The molecular formula is C10H18ClN3. The van der Waals surface area contributed by atoms with Crippen LogP contribution in [0.3, 0.4) is 0 Å². The fourth-order valence-electron chi connectivity index (χ4n) is 1.27. The molecule has 0 aliphatic heterocycles. The van der Waals surface area contributed by atoms with Crippen LogP contribution >= 0.6 is 12.4 Å². The minimum absolute atomic E-state index is 0. The van der Waals surface area contributed by atoms with Crippen molar-refractivity contribution in [1.29, 1.82) is 0 Å². The van der Waals surface area contributed by atoms with Gasteiger partial charge in [0.2, 0.25) is 0 Å². The number of nitrogens with zero attached hydrogens (tertiary/aromatic N) is 3. The predicted octanol–water partition coefficient (Wildman–Crippen LogP) is 1.78. The molecule has 0 bridgehead atoms. The van der Waals surface area contributed by atoms with Crippen molar-refractivity contribution < 1.29 is 0 Å². The van der Waals surface area contributed by atoms with Gasteiger partial charge in [-0.2, -0.15) is 0 Å². The van der Waals surface area contributed by atoms with Gasteiger partial charge in [-0.25, -0.2) is 0 Å². The van der Waals surface area contributed by atoms with Crippen molar-refractivity contribution in [3.05, 3.63) is 24.3 Å². The zero-order chi connectivity index (χ0) is 9.52. The van der Waals surface area contributed by atoms with E-state index in [1.165, 1.54) is 0 Å². The number of likely N-dealkylation sites (N-methyl/N-ethyl adjacent to an activating group) is 1. The highest BCUT2D eigenvalue weighted by Gasteiger charge is 1.99. The van der Waals surface area contributed by atoms with Gasteiger partial charge in [0.15, 0.2) is 0 Å². The van der Waals surface area contributed by atoms with E-state index < -0.39 is 0 Å². The molecule has 0 radical (unpaired) electrons. The first-order chi connectivity index (χ1) is 6.36. The lowest BCUT2D eigenvalue weighted by Gasteiger charge is -2.16. The van der Waals surface area contributed by atoms with Crippen LogP contribution in [-0.4, -0.2) is 34.5 Å². The van der Waals surface area contributed by atoms with Gasteiger partial charge in [0, 0.05) is 31.6 Å². The molecule has 0 amide bonds. The van der Waals surface area contributed by atoms with Crippen molar-refractivity contribution in [3.8, 4) is 0 Å². The van der Waals surface area contributed by atoms with Gasteiger partial charge in [-0.05, 0) is 13.1 Å². The van der Waals surface area contributed by atoms with Crippen LogP contribution < -0.4 is 0 Å². The van der Waals surface area contributed by atoms with E-state index in [9.17, 15) is 0 Å². The largest absolute Gasteiger partial charge is 0.303 e. The zero-order valence-corrected chi connectivity index (χ0v) is 9.63. The van der Waals surface area contributed by atoms with E-state index in [2.05, 4.69) is 28.7 Å². The lowest BCUT2D eigenvalue weighted by molar-refractivity contribution is 0.307. The maximum absolute atomic E-state index is 4.23. The molecule has 0 saturated heterocycles. The van der Waals surface area contributed by atoms with E-state index in [4.69, 9.17) is 0 Å². The van der Waals surface area contributed by atoms with Gasteiger partial charge in [0.25, 0.3) is 0 Å². The molecule has 0 aliphatic carbocycles. The summed E-state index contributed by atoms with van der Waals surface area (Å²) >= 11 is 0. The molecule has 0 N–H and O–H groups in total. The molecule has 0 spiro atoms. The Labute approximate surface area is 92.0 Å². The SMILES string of the molecule is CCN(CC)CCc1cnccn1.Cl. The number of rotatable bonds is 5. The van der Waals surface area contributed by atoms with Crippen LogP contribution in [0.2, 0.25) is 0 Å².